The minimum Gasteiger partial charge on any atom is -0.469 e. The van der Waals surface area contributed by atoms with Crippen molar-refractivity contribution in [3.8, 4) is 0 Å². The van der Waals surface area contributed by atoms with Crippen LogP contribution >= 0.6 is 0 Å². The van der Waals surface area contributed by atoms with E-state index in [0.29, 0.717) is 18.3 Å². The van der Waals surface area contributed by atoms with Gasteiger partial charge in [-0.25, -0.2) is 0 Å². The van der Waals surface area contributed by atoms with Crippen molar-refractivity contribution in [3.05, 3.63) is 29.8 Å². The summed E-state index contributed by atoms with van der Waals surface area (Å²) in [6.07, 6.45) is 6.29. The Labute approximate surface area is 164 Å². The van der Waals surface area contributed by atoms with E-state index in [1.54, 1.807) is 0 Å². The number of carbonyl (C=O) groups excluding carboxylic acids is 1. The lowest BCUT2D eigenvalue weighted by molar-refractivity contribution is -0.141. The Bertz CT molecular complexity index is 629. The number of ether oxygens (including phenoxy) is 1. The number of carbonyl (C=O) groups is 1. The van der Waals surface area contributed by atoms with Crippen LogP contribution in [0.3, 0.4) is 0 Å². The molecule has 1 aliphatic carbocycles. The molecule has 1 aromatic rings. The minimum absolute atomic E-state index is 0.0876. The van der Waals surface area contributed by atoms with Crippen LogP contribution in [-0.4, -0.2) is 31.4 Å². The molecular formula is C22H33BO4. The summed E-state index contributed by atoms with van der Waals surface area (Å²) in [5.74, 6) is 1.19. The van der Waals surface area contributed by atoms with Gasteiger partial charge < -0.3 is 14.0 Å². The third kappa shape index (κ3) is 4.57. The van der Waals surface area contributed by atoms with E-state index >= 15 is 0 Å². The predicted molar refractivity (Wildman–Crippen MR) is 108 cm³/mol. The largest absolute Gasteiger partial charge is 0.494 e. The van der Waals surface area contributed by atoms with Crippen LogP contribution in [-0.2, 0) is 18.8 Å². The van der Waals surface area contributed by atoms with Crippen LogP contribution in [0, 0.1) is 5.92 Å². The fourth-order valence-electron chi connectivity index (χ4n) is 4.11. The van der Waals surface area contributed by atoms with Crippen molar-refractivity contribution >= 4 is 18.6 Å². The van der Waals surface area contributed by atoms with Gasteiger partial charge in [-0.05, 0) is 82.7 Å². The van der Waals surface area contributed by atoms with E-state index in [2.05, 4.69) is 52.0 Å². The van der Waals surface area contributed by atoms with E-state index < -0.39 is 0 Å². The molecule has 1 saturated heterocycles. The second-order valence-electron chi connectivity index (χ2n) is 9.09. The smallest absolute Gasteiger partial charge is 0.469 e. The zero-order valence-electron chi connectivity index (χ0n) is 17.4. The molecule has 27 heavy (non-hydrogen) atoms. The Morgan fingerprint density at radius 1 is 1.04 bits per heavy atom. The zero-order valence-corrected chi connectivity index (χ0v) is 17.4. The van der Waals surface area contributed by atoms with Crippen molar-refractivity contribution in [2.45, 2.75) is 83.3 Å². The van der Waals surface area contributed by atoms with E-state index in [9.17, 15) is 4.79 Å². The standard InChI is InChI=1S/C22H33BO4/c1-21(2)22(3,4)27-23(26-21)19-13-11-18(12-14-19)17-9-6-16(7-10-17)8-15-20(24)25-5/h11-14,16-17H,6-10,15H2,1-5H3/t16-,17-. The topological polar surface area (TPSA) is 44.8 Å². The van der Waals surface area contributed by atoms with Crippen molar-refractivity contribution in [1.82, 2.24) is 0 Å². The van der Waals surface area contributed by atoms with Gasteiger partial charge in [-0.3, -0.25) is 4.79 Å². The van der Waals surface area contributed by atoms with E-state index in [1.807, 2.05) is 0 Å². The highest BCUT2D eigenvalue weighted by Crippen LogP contribution is 2.38. The van der Waals surface area contributed by atoms with Gasteiger partial charge in [-0.15, -0.1) is 0 Å². The molecule has 2 aliphatic rings. The molecule has 0 N–H and O–H groups in total. The Hall–Kier alpha value is -1.33. The summed E-state index contributed by atoms with van der Waals surface area (Å²) in [4.78, 5) is 11.3. The first-order valence-corrected chi connectivity index (χ1v) is 10.2. The van der Waals surface area contributed by atoms with E-state index in [0.717, 1.165) is 11.9 Å². The summed E-state index contributed by atoms with van der Waals surface area (Å²) in [6, 6.07) is 8.78. The SMILES string of the molecule is COC(=O)CC[C@H]1CC[C@H](c2ccc(B3OC(C)(C)C(C)(C)O3)cc2)CC1. The van der Waals surface area contributed by atoms with Gasteiger partial charge in [0.25, 0.3) is 0 Å². The molecule has 0 spiro atoms. The Morgan fingerprint density at radius 2 is 1.59 bits per heavy atom. The molecule has 148 valence electrons. The summed E-state index contributed by atoms with van der Waals surface area (Å²) in [5, 5.41) is 0. The summed E-state index contributed by atoms with van der Waals surface area (Å²) in [7, 11) is 1.17. The second-order valence-corrected chi connectivity index (χ2v) is 9.09. The molecule has 4 nitrogen and oxygen atoms in total. The van der Waals surface area contributed by atoms with Crippen LogP contribution in [0.25, 0.3) is 0 Å². The van der Waals surface area contributed by atoms with Crippen molar-refractivity contribution < 1.29 is 18.8 Å². The minimum atomic E-state index is -0.307. The van der Waals surface area contributed by atoms with E-state index in [-0.39, 0.29) is 24.3 Å². The first kappa shape index (κ1) is 20.4. The van der Waals surface area contributed by atoms with Gasteiger partial charge in [0, 0.05) is 6.42 Å². The summed E-state index contributed by atoms with van der Waals surface area (Å²) in [5.41, 5.74) is 1.88. The lowest BCUT2D eigenvalue weighted by Crippen LogP contribution is -2.41. The third-order valence-corrected chi connectivity index (χ3v) is 6.76. The Morgan fingerprint density at radius 3 is 2.11 bits per heavy atom. The van der Waals surface area contributed by atoms with Crippen molar-refractivity contribution in [3.63, 3.8) is 0 Å². The van der Waals surface area contributed by atoms with Crippen molar-refractivity contribution in [1.29, 1.82) is 0 Å². The van der Waals surface area contributed by atoms with Crippen LogP contribution < -0.4 is 5.46 Å². The average Bonchev–Trinajstić information content (AvgIpc) is 2.87. The van der Waals surface area contributed by atoms with Crippen molar-refractivity contribution in [2.75, 3.05) is 7.11 Å². The van der Waals surface area contributed by atoms with Gasteiger partial charge in [0.2, 0.25) is 0 Å². The van der Waals surface area contributed by atoms with E-state index in [4.69, 9.17) is 14.0 Å². The van der Waals surface area contributed by atoms with Crippen LogP contribution in [0.2, 0.25) is 0 Å². The summed E-state index contributed by atoms with van der Waals surface area (Å²) in [6.45, 7) is 8.33. The average molecular weight is 372 g/mol. The molecule has 0 aromatic heterocycles. The quantitative estimate of drug-likeness (QED) is 0.574. The number of methoxy groups -OCH3 is 1. The monoisotopic (exact) mass is 372 g/mol. The van der Waals surface area contributed by atoms with Crippen LogP contribution in [0.15, 0.2) is 24.3 Å². The maximum absolute atomic E-state index is 11.3. The van der Waals surface area contributed by atoms with Crippen LogP contribution in [0.1, 0.15) is 77.7 Å². The lowest BCUT2D eigenvalue weighted by atomic mass is 9.75. The molecular weight excluding hydrogens is 339 g/mol. The van der Waals surface area contributed by atoms with Gasteiger partial charge in [-0.1, -0.05) is 24.3 Å². The molecule has 1 aromatic carbocycles. The normalized spacial score (nSPS) is 26.8. The molecule has 5 heteroatoms. The lowest BCUT2D eigenvalue weighted by Gasteiger charge is -2.32. The van der Waals surface area contributed by atoms with Gasteiger partial charge in [0.1, 0.15) is 0 Å². The zero-order chi connectivity index (χ0) is 19.7. The molecule has 0 atom stereocenters. The Balaban J connectivity index is 1.54. The molecule has 3 rings (SSSR count). The summed E-state index contributed by atoms with van der Waals surface area (Å²) >= 11 is 0. The fourth-order valence-corrected chi connectivity index (χ4v) is 4.11. The second kappa shape index (κ2) is 7.96. The van der Waals surface area contributed by atoms with Crippen molar-refractivity contribution in [2.24, 2.45) is 5.92 Å². The number of hydrogen-bond acceptors (Lipinski definition) is 4. The molecule has 1 heterocycles. The first-order chi connectivity index (χ1) is 12.7. The Kier molecular flexibility index (Phi) is 6.02. The van der Waals surface area contributed by atoms with Gasteiger partial charge in [-0.2, -0.15) is 0 Å². The van der Waals surface area contributed by atoms with Gasteiger partial charge in [0.05, 0.1) is 18.3 Å². The third-order valence-electron chi connectivity index (χ3n) is 6.76. The highest BCUT2D eigenvalue weighted by molar-refractivity contribution is 6.62. The number of rotatable bonds is 5. The molecule has 0 amide bonds. The number of esters is 1. The highest BCUT2D eigenvalue weighted by atomic mass is 16.7. The molecule has 0 radical (unpaired) electrons. The number of hydrogen-bond donors (Lipinski definition) is 0. The molecule has 0 bridgehead atoms. The highest BCUT2D eigenvalue weighted by Gasteiger charge is 2.51. The number of benzene rings is 1. The maximum Gasteiger partial charge on any atom is 0.494 e. The molecule has 1 aliphatic heterocycles. The van der Waals surface area contributed by atoms with Gasteiger partial charge >= 0.3 is 13.1 Å². The maximum atomic E-state index is 11.3. The summed E-state index contributed by atoms with van der Waals surface area (Å²) < 4.78 is 17.0. The molecule has 1 saturated carbocycles. The molecule has 0 unspecified atom stereocenters. The van der Waals surface area contributed by atoms with E-state index in [1.165, 1.54) is 38.4 Å². The van der Waals surface area contributed by atoms with Crippen LogP contribution in [0.4, 0.5) is 0 Å². The van der Waals surface area contributed by atoms with Crippen LogP contribution in [0.5, 0.6) is 0 Å². The first-order valence-electron chi connectivity index (χ1n) is 10.2. The fraction of sp³-hybridized carbons (Fsp3) is 0.682. The van der Waals surface area contributed by atoms with Gasteiger partial charge in [0.15, 0.2) is 0 Å². The molecule has 2 fully saturated rings. The predicted octanol–water partition coefficient (Wildman–Crippen LogP) is 4.21.